The van der Waals surface area contributed by atoms with E-state index in [1.165, 1.54) is 26.4 Å². The molecule has 2 saturated heterocycles. The largest absolute Gasteiger partial charge is 0.493 e. The summed E-state index contributed by atoms with van der Waals surface area (Å²) in [7, 11) is -0.534. The fraction of sp³-hybridized carbons (Fsp3) is 0.500. The number of carbonyl (C=O) groups is 1. The molecule has 2 atom stereocenters. The van der Waals surface area contributed by atoms with Crippen LogP contribution in [0.1, 0.15) is 46.5 Å². The Bertz CT molecular complexity index is 1630. The summed E-state index contributed by atoms with van der Waals surface area (Å²) in [6, 6.07) is 7.35. The molecule has 2 aliphatic heterocycles. The minimum atomic E-state index is -3.57. The summed E-state index contributed by atoms with van der Waals surface area (Å²) in [6.45, 7) is 6.22. The number of benzene rings is 2. The van der Waals surface area contributed by atoms with Crippen molar-refractivity contribution >= 4 is 44.3 Å². The minimum Gasteiger partial charge on any atom is -0.493 e. The Kier molecular flexibility index (Phi) is 8.30. The monoisotopic (exact) mass is 615 g/mol. The Morgan fingerprint density at radius 3 is 2.28 bits per heavy atom. The van der Waals surface area contributed by atoms with Gasteiger partial charge in [0.15, 0.2) is 21.3 Å². The lowest BCUT2D eigenvalue weighted by Crippen LogP contribution is -2.49. The van der Waals surface area contributed by atoms with Crippen LogP contribution >= 0.6 is 0 Å². The maximum atomic E-state index is 15.0. The number of rotatable bonds is 8. The number of ether oxygens (including phenoxy) is 3. The zero-order valence-electron chi connectivity index (χ0n) is 25.2. The highest BCUT2D eigenvalue weighted by molar-refractivity contribution is 7.90. The van der Waals surface area contributed by atoms with E-state index in [4.69, 9.17) is 19.2 Å². The van der Waals surface area contributed by atoms with Gasteiger partial charge in [-0.1, -0.05) is 0 Å². The van der Waals surface area contributed by atoms with Gasteiger partial charge >= 0.3 is 6.09 Å². The van der Waals surface area contributed by atoms with Gasteiger partial charge in [0.1, 0.15) is 17.2 Å². The average Bonchev–Trinajstić information content (AvgIpc) is 3.20. The number of hydrogen-bond acceptors (Lipinski definition) is 10. The highest BCUT2D eigenvalue weighted by Gasteiger charge is 2.44. The Morgan fingerprint density at radius 2 is 1.70 bits per heavy atom. The number of amides is 1. The van der Waals surface area contributed by atoms with Gasteiger partial charge in [-0.2, -0.15) is 4.98 Å². The number of anilines is 3. The quantitative estimate of drug-likeness (QED) is 0.334. The summed E-state index contributed by atoms with van der Waals surface area (Å²) in [5, 5.41) is 6.91. The van der Waals surface area contributed by atoms with Crippen LogP contribution in [0.4, 0.5) is 26.6 Å². The molecular formula is C30H38FN5O6S. The van der Waals surface area contributed by atoms with Gasteiger partial charge in [0.2, 0.25) is 5.95 Å². The van der Waals surface area contributed by atoms with Crippen molar-refractivity contribution in [2.45, 2.75) is 69.0 Å². The zero-order valence-corrected chi connectivity index (χ0v) is 26.0. The number of nitrogens with one attached hydrogen (secondary N) is 2. The Hall–Kier alpha value is -3.87. The number of aromatic nitrogens is 2. The molecule has 232 valence electrons. The van der Waals surface area contributed by atoms with Crippen molar-refractivity contribution in [3.8, 4) is 11.5 Å². The molecule has 2 aliphatic rings. The average molecular weight is 616 g/mol. The number of piperidine rings is 1. The molecule has 2 unspecified atom stereocenters. The summed E-state index contributed by atoms with van der Waals surface area (Å²) in [6.07, 6.45) is 4.35. The second kappa shape index (κ2) is 11.7. The number of sulfone groups is 1. The standard InChI is InChI=1S/C30H38FN5O6S/c1-30(2,3)42-29(37)36-18-7-8-19(36)12-17(11-18)16-32-28-34-24-15-26(41-5)25(40-4)14-21(24)27(35-28)33-23-10-9-20(13-22(23)31)43(6,38)39/h9-10,13-15,17-19H,7-8,11-12,16H2,1-6H3,(H2,32,33,34,35). The van der Waals surface area contributed by atoms with E-state index in [2.05, 4.69) is 15.6 Å². The van der Waals surface area contributed by atoms with Crippen LogP contribution in [0.15, 0.2) is 35.2 Å². The summed E-state index contributed by atoms with van der Waals surface area (Å²) >= 11 is 0. The summed E-state index contributed by atoms with van der Waals surface area (Å²) in [4.78, 5) is 24.0. The summed E-state index contributed by atoms with van der Waals surface area (Å²) < 4.78 is 55.4. The minimum absolute atomic E-state index is 0.0548. The Morgan fingerprint density at radius 1 is 1.05 bits per heavy atom. The first-order valence-electron chi connectivity index (χ1n) is 14.2. The van der Waals surface area contributed by atoms with E-state index >= 15 is 4.39 Å². The second-order valence-corrected chi connectivity index (χ2v) is 14.2. The lowest BCUT2D eigenvalue weighted by atomic mass is 9.91. The van der Waals surface area contributed by atoms with E-state index in [-0.39, 0.29) is 28.8 Å². The van der Waals surface area contributed by atoms with E-state index in [1.54, 1.807) is 12.1 Å². The van der Waals surface area contributed by atoms with E-state index in [1.807, 2.05) is 25.7 Å². The predicted octanol–water partition coefficient (Wildman–Crippen LogP) is 5.52. The molecule has 3 aromatic rings. The van der Waals surface area contributed by atoms with Crippen LogP contribution in [-0.2, 0) is 14.6 Å². The lowest BCUT2D eigenvalue weighted by molar-refractivity contribution is 0.00282. The first-order valence-corrected chi connectivity index (χ1v) is 16.1. The molecule has 0 spiro atoms. The molecule has 2 N–H and O–H groups in total. The van der Waals surface area contributed by atoms with Crippen molar-refractivity contribution in [3.05, 3.63) is 36.1 Å². The van der Waals surface area contributed by atoms with Gasteiger partial charge in [-0.05, 0) is 76.6 Å². The van der Waals surface area contributed by atoms with Crippen LogP contribution in [0.2, 0.25) is 0 Å². The molecular weight excluding hydrogens is 577 g/mol. The van der Waals surface area contributed by atoms with Crippen LogP contribution in [-0.4, -0.2) is 74.1 Å². The third kappa shape index (κ3) is 6.71. The number of halogens is 1. The SMILES string of the molecule is COc1cc2nc(NCC3CC4CCC(C3)N4C(=O)OC(C)(C)C)nc(Nc3ccc(S(C)(=O)=O)cc3F)c2cc1OC. The van der Waals surface area contributed by atoms with Crippen molar-refractivity contribution in [1.82, 2.24) is 14.9 Å². The topological polar surface area (TPSA) is 132 Å². The van der Waals surface area contributed by atoms with Crippen molar-refractivity contribution in [3.63, 3.8) is 0 Å². The molecule has 2 bridgehead atoms. The number of methoxy groups -OCH3 is 2. The molecule has 3 heterocycles. The van der Waals surface area contributed by atoms with Gasteiger partial charge in [-0.3, -0.25) is 0 Å². The first kappa shape index (κ1) is 30.6. The molecule has 5 rings (SSSR count). The maximum absolute atomic E-state index is 15.0. The smallest absolute Gasteiger partial charge is 0.410 e. The van der Waals surface area contributed by atoms with Crippen molar-refractivity contribution in [1.29, 1.82) is 0 Å². The fourth-order valence-electron chi connectivity index (χ4n) is 5.89. The molecule has 0 aliphatic carbocycles. The van der Waals surface area contributed by atoms with E-state index in [0.717, 1.165) is 38.0 Å². The van der Waals surface area contributed by atoms with Crippen molar-refractivity contribution in [2.24, 2.45) is 5.92 Å². The zero-order chi connectivity index (χ0) is 31.1. The van der Waals surface area contributed by atoms with Gasteiger partial charge < -0.3 is 29.7 Å². The van der Waals surface area contributed by atoms with Crippen LogP contribution in [0.3, 0.4) is 0 Å². The van der Waals surface area contributed by atoms with E-state index < -0.39 is 21.3 Å². The van der Waals surface area contributed by atoms with Crippen LogP contribution in [0.25, 0.3) is 10.9 Å². The van der Waals surface area contributed by atoms with Gasteiger partial charge in [-0.25, -0.2) is 22.6 Å². The van der Waals surface area contributed by atoms with Crippen molar-refractivity contribution in [2.75, 3.05) is 37.7 Å². The summed E-state index contributed by atoms with van der Waals surface area (Å²) in [5.74, 6) is 1.11. The molecule has 11 nitrogen and oxygen atoms in total. The van der Waals surface area contributed by atoms with Crippen LogP contribution in [0, 0.1) is 11.7 Å². The molecule has 0 saturated carbocycles. The number of nitrogens with zero attached hydrogens (tertiary/aromatic N) is 3. The number of carbonyl (C=O) groups excluding carboxylic acids is 1. The Labute approximate surface area is 251 Å². The van der Waals surface area contributed by atoms with Gasteiger partial charge in [0.05, 0.1) is 30.3 Å². The molecule has 43 heavy (non-hydrogen) atoms. The number of fused-ring (bicyclic) bond motifs is 3. The molecule has 1 amide bonds. The molecule has 13 heteroatoms. The summed E-state index contributed by atoms with van der Waals surface area (Å²) in [5.41, 5.74) is 0.0456. The molecule has 2 fully saturated rings. The normalized spacial score (nSPS) is 20.2. The fourth-order valence-corrected chi connectivity index (χ4v) is 6.52. The molecule has 0 radical (unpaired) electrons. The number of hydrogen-bond donors (Lipinski definition) is 2. The van der Waals surface area contributed by atoms with Crippen LogP contribution in [0.5, 0.6) is 11.5 Å². The van der Waals surface area contributed by atoms with Gasteiger partial charge in [-0.15, -0.1) is 0 Å². The van der Waals surface area contributed by atoms with Crippen LogP contribution < -0.4 is 20.1 Å². The second-order valence-electron chi connectivity index (χ2n) is 12.1. The van der Waals surface area contributed by atoms with E-state index in [0.29, 0.717) is 46.6 Å². The third-order valence-corrected chi connectivity index (χ3v) is 8.92. The van der Waals surface area contributed by atoms with E-state index in [9.17, 15) is 13.2 Å². The predicted molar refractivity (Wildman–Crippen MR) is 162 cm³/mol. The van der Waals surface area contributed by atoms with Gasteiger partial charge in [0, 0.05) is 36.3 Å². The van der Waals surface area contributed by atoms with Gasteiger partial charge in [0.25, 0.3) is 0 Å². The highest BCUT2D eigenvalue weighted by atomic mass is 32.2. The molecule has 1 aromatic heterocycles. The van der Waals surface area contributed by atoms with Crippen molar-refractivity contribution < 1.29 is 31.8 Å². The first-order chi connectivity index (χ1) is 20.3. The Balaban J connectivity index is 1.39. The maximum Gasteiger partial charge on any atom is 0.410 e. The molecule has 2 aromatic carbocycles. The highest BCUT2D eigenvalue weighted by Crippen LogP contribution is 2.40. The third-order valence-electron chi connectivity index (χ3n) is 7.81. The lowest BCUT2D eigenvalue weighted by Gasteiger charge is -2.39.